The number of hydrogen-bond acceptors (Lipinski definition) is 8. The number of nitrogens with one attached hydrogen (secondary N) is 2. The van der Waals surface area contributed by atoms with Gasteiger partial charge in [-0.1, -0.05) is 11.6 Å². The number of hydrogen-bond donors (Lipinski definition) is 2. The van der Waals surface area contributed by atoms with Crippen LogP contribution in [-0.2, 0) is 26.6 Å². The first-order chi connectivity index (χ1) is 14.9. The third-order valence-corrected chi connectivity index (χ3v) is 5.42. The Morgan fingerprint density at radius 1 is 1.26 bits per heavy atom. The average molecular weight is 442 g/mol. The van der Waals surface area contributed by atoms with Crippen molar-refractivity contribution in [2.24, 2.45) is 7.05 Å². The summed E-state index contributed by atoms with van der Waals surface area (Å²) in [6, 6.07) is 5.47. The van der Waals surface area contributed by atoms with Gasteiger partial charge in [0.1, 0.15) is 10.7 Å². The number of ether oxygens (including phenoxy) is 1. The summed E-state index contributed by atoms with van der Waals surface area (Å²) in [7, 11) is 5.39. The molecule has 0 aromatic carbocycles. The zero-order valence-electron chi connectivity index (χ0n) is 17.6. The molecule has 0 bridgehead atoms. The van der Waals surface area contributed by atoms with Crippen molar-refractivity contribution in [3.63, 3.8) is 0 Å². The lowest BCUT2D eigenvalue weighted by molar-refractivity contribution is 0.307. The lowest BCUT2D eigenvalue weighted by Gasteiger charge is -2.25. The fourth-order valence-electron chi connectivity index (χ4n) is 3.40. The number of halogens is 1. The molecule has 4 rings (SSSR count). The van der Waals surface area contributed by atoms with Crippen LogP contribution in [-0.4, -0.2) is 45.1 Å². The Bertz CT molecular complexity index is 1160. The fourth-order valence-corrected chi connectivity index (χ4v) is 3.55. The molecule has 31 heavy (non-hydrogen) atoms. The Kier molecular flexibility index (Phi) is 6.06. The zero-order valence-corrected chi connectivity index (χ0v) is 18.4. The standard InChI is InChI=1S/C21H24ClN7O2/c1-28-6-5-16-14(12-28)9-17(20(25-16)31-3)26-21-24-11-15(22)19(27-21)23-10-13-4-7-29(2)18(30)8-13/h4,7-9,11H,5-6,10,12H2,1-3H3,(H2,23,24,26,27). The third-order valence-electron chi connectivity index (χ3n) is 5.14. The first-order valence-electron chi connectivity index (χ1n) is 9.87. The van der Waals surface area contributed by atoms with Crippen LogP contribution in [0.1, 0.15) is 16.8 Å². The molecule has 0 atom stereocenters. The summed E-state index contributed by atoms with van der Waals surface area (Å²) < 4.78 is 6.99. The minimum Gasteiger partial charge on any atom is -0.480 e. The summed E-state index contributed by atoms with van der Waals surface area (Å²) in [6.07, 6.45) is 4.13. The number of fused-ring (bicyclic) bond motifs is 1. The van der Waals surface area contributed by atoms with E-state index in [1.807, 2.05) is 12.1 Å². The monoisotopic (exact) mass is 441 g/mol. The molecule has 0 aliphatic carbocycles. The largest absolute Gasteiger partial charge is 0.480 e. The van der Waals surface area contributed by atoms with Crippen LogP contribution in [0.3, 0.4) is 0 Å². The summed E-state index contributed by atoms with van der Waals surface area (Å²) in [5, 5.41) is 6.73. The Labute approximate surface area is 185 Å². The predicted molar refractivity (Wildman–Crippen MR) is 120 cm³/mol. The first kappa shape index (κ1) is 21.1. The highest BCUT2D eigenvalue weighted by molar-refractivity contribution is 6.32. The van der Waals surface area contributed by atoms with Crippen LogP contribution in [0.5, 0.6) is 5.88 Å². The van der Waals surface area contributed by atoms with E-state index in [9.17, 15) is 4.79 Å². The maximum Gasteiger partial charge on any atom is 0.250 e. The molecule has 0 saturated heterocycles. The van der Waals surface area contributed by atoms with Gasteiger partial charge in [0.25, 0.3) is 5.56 Å². The summed E-state index contributed by atoms with van der Waals surface area (Å²) in [5.74, 6) is 1.32. The van der Waals surface area contributed by atoms with Crippen LogP contribution >= 0.6 is 11.6 Å². The lowest BCUT2D eigenvalue weighted by atomic mass is 10.1. The number of anilines is 3. The summed E-state index contributed by atoms with van der Waals surface area (Å²) in [6.45, 7) is 2.20. The van der Waals surface area contributed by atoms with Crippen LogP contribution in [0, 0.1) is 0 Å². The van der Waals surface area contributed by atoms with Crippen molar-refractivity contribution >= 4 is 29.1 Å². The fraction of sp³-hybridized carbons (Fsp3) is 0.333. The molecule has 1 aliphatic heterocycles. The molecule has 1 aliphatic rings. The molecule has 4 heterocycles. The molecule has 162 valence electrons. The molecular weight excluding hydrogens is 418 g/mol. The highest BCUT2D eigenvalue weighted by Crippen LogP contribution is 2.30. The molecule has 0 spiro atoms. The maximum atomic E-state index is 11.8. The Hall–Kier alpha value is -3.17. The van der Waals surface area contributed by atoms with E-state index in [2.05, 4.69) is 37.5 Å². The van der Waals surface area contributed by atoms with Crippen LogP contribution < -0.4 is 20.9 Å². The second-order valence-electron chi connectivity index (χ2n) is 7.49. The predicted octanol–water partition coefficient (Wildman–Crippen LogP) is 2.58. The molecule has 3 aromatic rings. The molecule has 0 saturated carbocycles. The highest BCUT2D eigenvalue weighted by Gasteiger charge is 2.19. The van der Waals surface area contributed by atoms with Gasteiger partial charge in [0.05, 0.1) is 19.0 Å². The zero-order chi connectivity index (χ0) is 22.0. The van der Waals surface area contributed by atoms with Gasteiger partial charge >= 0.3 is 0 Å². The number of aryl methyl sites for hydroxylation is 1. The van der Waals surface area contributed by atoms with Gasteiger partial charge in [0.2, 0.25) is 11.8 Å². The van der Waals surface area contributed by atoms with Crippen LogP contribution in [0.15, 0.2) is 35.4 Å². The van der Waals surface area contributed by atoms with Crippen LogP contribution in [0.4, 0.5) is 17.5 Å². The van der Waals surface area contributed by atoms with Crippen molar-refractivity contribution in [3.8, 4) is 5.88 Å². The summed E-state index contributed by atoms with van der Waals surface area (Å²) >= 11 is 6.27. The summed E-state index contributed by atoms with van der Waals surface area (Å²) in [4.78, 5) is 27.5. The molecule has 0 amide bonds. The van der Waals surface area contributed by atoms with E-state index in [-0.39, 0.29) is 5.56 Å². The quantitative estimate of drug-likeness (QED) is 0.602. The number of rotatable bonds is 6. The van der Waals surface area contributed by atoms with Crippen LogP contribution in [0.2, 0.25) is 5.02 Å². The SMILES string of the molecule is COc1nc2c(cc1Nc1ncc(Cl)c(NCc3ccn(C)c(=O)c3)n1)CN(C)CC2. The minimum absolute atomic E-state index is 0.0758. The molecular formula is C21H24ClN7O2. The smallest absolute Gasteiger partial charge is 0.250 e. The highest BCUT2D eigenvalue weighted by atomic mass is 35.5. The average Bonchev–Trinajstić information content (AvgIpc) is 2.76. The molecule has 10 heteroatoms. The molecule has 3 aromatic heterocycles. The number of likely N-dealkylation sites (N-methyl/N-ethyl adjacent to an activating group) is 1. The van der Waals surface area contributed by atoms with E-state index in [4.69, 9.17) is 16.3 Å². The first-order valence-corrected chi connectivity index (χ1v) is 10.2. The third kappa shape index (κ3) is 4.78. The number of pyridine rings is 2. The van der Waals surface area contributed by atoms with Gasteiger partial charge in [-0.2, -0.15) is 4.98 Å². The van der Waals surface area contributed by atoms with Crippen molar-refractivity contribution in [2.75, 3.05) is 31.3 Å². The topological polar surface area (TPSA) is 97.2 Å². The van der Waals surface area contributed by atoms with Crippen molar-refractivity contribution < 1.29 is 4.74 Å². The second kappa shape index (κ2) is 8.91. The van der Waals surface area contributed by atoms with E-state index in [0.717, 1.165) is 36.3 Å². The van der Waals surface area contributed by atoms with E-state index >= 15 is 0 Å². The number of aromatic nitrogens is 4. The van der Waals surface area contributed by atoms with Gasteiger partial charge in [0, 0.05) is 45.4 Å². The van der Waals surface area contributed by atoms with E-state index in [0.29, 0.717) is 34.9 Å². The Morgan fingerprint density at radius 3 is 2.87 bits per heavy atom. The molecule has 0 radical (unpaired) electrons. The summed E-state index contributed by atoms with van der Waals surface area (Å²) in [5.41, 5.74) is 3.64. The van der Waals surface area contributed by atoms with Gasteiger partial charge in [0.15, 0.2) is 5.82 Å². The maximum absolute atomic E-state index is 11.8. The van der Waals surface area contributed by atoms with E-state index < -0.39 is 0 Å². The molecule has 0 fully saturated rings. The van der Waals surface area contributed by atoms with Crippen molar-refractivity contribution in [1.29, 1.82) is 0 Å². The normalized spacial score (nSPS) is 13.5. The van der Waals surface area contributed by atoms with Gasteiger partial charge in [-0.25, -0.2) is 9.97 Å². The number of nitrogens with zero attached hydrogens (tertiary/aromatic N) is 5. The lowest BCUT2D eigenvalue weighted by Crippen LogP contribution is -2.27. The molecule has 9 nitrogen and oxygen atoms in total. The van der Waals surface area contributed by atoms with E-state index in [1.54, 1.807) is 26.4 Å². The number of methoxy groups -OCH3 is 1. The Morgan fingerprint density at radius 2 is 2.10 bits per heavy atom. The van der Waals surface area contributed by atoms with E-state index in [1.165, 1.54) is 10.8 Å². The molecule has 2 N–H and O–H groups in total. The van der Waals surface area contributed by atoms with Gasteiger partial charge in [-0.15, -0.1) is 0 Å². The van der Waals surface area contributed by atoms with Crippen molar-refractivity contribution in [2.45, 2.75) is 19.5 Å². The minimum atomic E-state index is -0.0758. The van der Waals surface area contributed by atoms with Gasteiger partial charge in [-0.05, 0) is 30.3 Å². The van der Waals surface area contributed by atoms with Crippen molar-refractivity contribution in [1.82, 2.24) is 24.4 Å². The van der Waals surface area contributed by atoms with Gasteiger partial charge < -0.3 is 24.8 Å². The van der Waals surface area contributed by atoms with Crippen LogP contribution in [0.25, 0.3) is 0 Å². The Balaban J connectivity index is 1.55. The van der Waals surface area contributed by atoms with Crippen molar-refractivity contribution in [3.05, 3.63) is 62.8 Å². The second-order valence-corrected chi connectivity index (χ2v) is 7.90. The molecule has 0 unspecified atom stereocenters. The van der Waals surface area contributed by atoms with Gasteiger partial charge in [-0.3, -0.25) is 4.79 Å².